The number of nitrogens with one attached hydrogen (secondary N) is 2. The number of rotatable bonds is 4. The number of carbonyl (C=O) groups is 1. The minimum absolute atomic E-state index is 0.285. The third-order valence-corrected chi connectivity index (χ3v) is 4.20. The number of ether oxygens (including phenoxy) is 1. The van der Waals surface area contributed by atoms with Gasteiger partial charge in [0.05, 0.1) is 19.0 Å². The lowest BCUT2D eigenvalue weighted by atomic mass is 9.76. The summed E-state index contributed by atoms with van der Waals surface area (Å²) in [5.41, 5.74) is 0. The van der Waals surface area contributed by atoms with E-state index >= 15 is 0 Å². The molecule has 0 aromatic heterocycles. The van der Waals surface area contributed by atoms with E-state index in [4.69, 9.17) is 11.2 Å². The molecule has 3 rings (SSSR count). The maximum Gasteiger partial charge on any atom is 0.407 e. The number of hydrogen-bond acceptors (Lipinski definition) is 2. The summed E-state index contributed by atoms with van der Waals surface area (Å²) in [6.45, 7) is 5.45. The minimum atomic E-state index is -0.285. The average Bonchev–Trinajstić information content (AvgIpc) is 2.43. The van der Waals surface area contributed by atoms with Crippen LogP contribution in [0.2, 0.25) is 0 Å². The Balaban J connectivity index is 1.75. The Labute approximate surface area is 109 Å². The first kappa shape index (κ1) is 13.2. The van der Waals surface area contributed by atoms with Crippen LogP contribution in [0.3, 0.4) is 0 Å². The van der Waals surface area contributed by atoms with Crippen LogP contribution in [0, 0.1) is 24.2 Å². The molecule has 3 aliphatic rings. The van der Waals surface area contributed by atoms with Crippen molar-refractivity contribution in [2.75, 3.05) is 26.2 Å². The summed E-state index contributed by atoms with van der Waals surface area (Å²) in [4.78, 5) is 12.9. The van der Waals surface area contributed by atoms with Crippen LogP contribution in [0.15, 0.2) is 0 Å². The van der Waals surface area contributed by atoms with E-state index in [9.17, 15) is 4.79 Å². The third kappa shape index (κ3) is 2.97. The molecule has 2 N–H and O–H groups in total. The number of amides is 1. The van der Waals surface area contributed by atoms with E-state index < -0.39 is 0 Å². The van der Waals surface area contributed by atoms with Gasteiger partial charge in [-0.3, -0.25) is 0 Å². The maximum atomic E-state index is 11.4. The zero-order valence-electron chi connectivity index (χ0n) is 11.1. The van der Waals surface area contributed by atoms with Crippen LogP contribution < -0.4 is 10.2 Å². The van der Waals surface area contributed by atoms with E-state index in [1.165, 1.54) is 17.9 Å². The highest BCUT2D eigenvalue weighted by molar-refractivity contribution is 5.67. The summed E-state index contributed by atoms with van der Waals surface area (Å²) in [5, 5.41) is 2.73. The van der Waals surface area contributed by atoms with Crippen molar-refractivity contribution in [2.24, 2.45) is 11.8 Å². The average molecular weight is 251 g/mol. The lowest BCUT2D eigenvalue weighted by molar-refractivity contribution is -0.945. The number of piperidine rings is 3. The van der Waals surface area contributed by atoms with Crippen molar-refractivity contribution in [3.63, 3.8) is 0 Å². The Morgan fingerprint density at radius 2 is 2.44 bits per heavy atom. The molecule has 4 atom stereocenters. The van der Waals surface area contributed by atoms with Gasteiger partial charge in [-0.05, 0) is 12.3 Å². The van der Waals surface area contributed by atoms with Crippen LogP contribution in [-0.2, 0) is 4.74 Å². The number of alkyl carbamates (subject to hydrolysis) is 1. The Bertz CT molecular complexity index is 337. The van der Waals surface area contributed by atoms with Gasteiger partial charge in [0, 0.05) is 19.4 Å². The molecule has 4 heteroatoms. The lowest BCUT2D eigenvalue weighted by Crippen LogP contribution is -3.20. The Morgan fingerprint density at radius 3 is 3.06 bits per heavy atom. The van der Waals surface area contributed by atoms with Gasteiger partial charge >= 0.3 is 6.09 Å². The number of hydrogen-bond donors (Lipinski definition) is 2. The van der Waals surface area contributed by atoms with Gasteiger partial charge in [-0.15, -0.1) is 6.42 Å². The van der Waals surface area contributed by atoms with Gasteiger partial charge in [0.15, 0.2) is 0 Å². The molecule has 2 bridgehead atoms. The first-order valence-electron chi connectivity index (χ1n) is 6.96. The predicted octanol–water partition coefficient (Wildman–Crippen LogP) is 0.0491. The second-order valence-electron chi connectivity index (χ2n) is 5.39. The number of fused-ring (bicyclic) bond motifs is 3. The minimum Gasteiger partial charge on any atom is -0.443 e. The van der Waals surface area contributed by atoms with Crippen molar-refractivity contribution in [1.29, 1.82) is 0 Å². The van der Waals surface area contributed by atoms with Gasteiger partial charge in [-0.2, -0.15) is 0 Å². The van der Waals surface area contributed by atoms with Crippen LogP contribution in [0.4, 0.5) is 4.79 Å². The lowest BCUT2D eigenvalue weighted by Gasteiger charge is -2.44. The van der Waals surface area contributed by atoms with Crippen LogP contribution >= 0.6 is 0 Å². The normalized spacial score (nSPS) is 33.8. The van der Waals surface area contributed by atoms with E-state index in [-0.39, 0.29) is 6.09 Å². The highest BCUT2D eigenvalue weighted by atomic mass is 16.5. The molecular weight excluding hydrogens is 228 g/mol. The molecule has 18 heavy (non-hydrogen) atoms. The van der Waals surface area contributed by atoms with Crippen LogP contribution in [0.1, 0.15) is 26.2 Å². The van der Waals surface area contributed by atoms with Gasteiger partial charge in [-0.1, -0.05) is 12.8 Å². The van der Waals surface area contributed by atoms with Crippen LogP contribution in [-0.4, -0.2) is 38.4 Å². The van der Waals surface area contributed by atoms with Crippen molar-refractivity contribution in [3.8, 4) is 12.3 Å². The van der Waals surface area contributed by atoms with Gasteiger partial charge in [-0.25, -0.2) is 4.79 Å². The van der Waals surface area contributed by atoms with E-state index in [1.807, 2.05) is 6.92 Å². The summed E-state index contributed by atoms with van der Waals surface area (Å²) in [7, 11) is 0. The largest absolute Gasteiger partial charge is 0.443 e. The molecule has 4 nitrogen and oxygen atoms in total. The van der Waals surface area contributed by atoms with E-state index in [0.29, 0.717) is 31.0 Å². The molecule has 0 aromatic rings. The predicted molar refractivity (Wildman–Crippen MR) is 69.2 cm³/mol. The van der Waals surface area contributed by atoms with Crippen molar-refractivity contribution in [3.05, 3.63) is 0 Å². The molecule has 1 amide bonds. The standard InChI is InChI=1S/C14H22N2O2/c1-3-6-15-14(17)18-10-13-8-12-5-7-16(13)9-11(12)4-2/h2,11-13H,3,5-10H2,1H3,(H,15,17)/p+1/t11-,12+,13+/m0/s1. The summed E-state index contributed by atoms with van der Waals surface area (Å²) in [5.74, 6) is 3.98. The fraction of sp³-hybridized carbons (Fsp3) is 0.786. The zero-order chi connectivity index (χ0) is 13.0. The molecule has 3 saturated heterocycles. The monoisotopic (exact) mass is 251 g/mol. The van der Waals surface area contributed by atoms with Crippen molar-refractivity contribution in [1.82, 2.24) is 5.32 Å². The van der Waals surface area contributed by atoms with Gasteiger partial charge < -0.3 is 15.0 Å². The Morgan fingerprint density at radius 1 is 1.61 bits per heavy atom. The molecular formula is C14H23N2O2+. The zero-order valence-corrected chi connectivity index (χ0v) is 11.1. The Hall–Kier alpha value is -1.21. The van der Waals surface area contributed by atoms with E-state index in [2.05, 4.69) is 11.2 Å². The smallest absolute Gasteiger partial charge is 0.407 e. The second kappa shape index (κ2) is 6.10. The first-order chi connectivity index (χ1) is 8.74. The molecule has 100 valence electrons. The molecule has 1 unspecified atom stereocenters. The highest BCUT2D eigenvalue weighted by Gasteiger charge is 2.43. The SMILES string of the molecule is C#C[C@H]1C[NH+]2CC[C@@H]1C[C@@H]2COC(=O)NCCC. The molecule has 0 aliphatic carbocycles. The molecule has 0 saturated carbocycles. The summed E-state index contributed by atoms with van der Waals surface area (Å²) in [6.07, 6.45) is 8.53. The van der Waals surface area contributed by atoms with Crippen LogP contribution in [0.25, 0.3) is 0 Å². The van der Waals surface area contributed by atoms with Gasteiger partial charge in [0.2, 0.25) is 0 Å². The number of carbonyl (C=O) groups excluding carboxylic acids is 1. The topological polar surface area (TPSA) is 42.8 Å². The second-order valence-corrected chi connectivity index (χ2v) is 5.39. The third-order valence-electron chi connectivity index (χ3n) is 4.20. The van der Waals surface area contributed by atoms with E-state index in [0.717, 1.165) is 19.4 Å². The van der Waals surface area contributed by atoms with Crippen LogP contribution in [0.5, 0.6) is 0 Å². The number of terminal acetylenes is 1. The molecule has 3 fully saturated rings. The van der Waals surface area contributed by atoms with Crippen molar-refractivity contribution in [2.45, 2.75) is 32.2 Å². The van der Waals surface area contributed by atoms with Gasteiger partial charge in [0.1, 0.15) is 12.6 Å². The molecule has 3 aliphatic heterocycles. The molecule has 3 heterocycles. The molecule has 0 spiro atoms. The quantitative estimate of drug-likeness (QED) is 0.693. The summed E-state index contributed by atoms with van der Waals surface area (Å²) >= 11 is 0. The highest BCUT2D eigenvalue weighted by Crippen LogP contribution is 2.26. The maximum absolute atomic E-state index is 11.4. The van der Waals surface area contributed by atoms with Crippen molar-refractivity contribution < 1.29 is 14.4 Å². The first-order valence-corrected chi connectivity index (χ1v) is 6.96. The summed E-state index contributed by atoms with van der Waals surface area (Å²) < 4.78 is 5.28. The van der Waals surface area contributed by atoms with Crippen molar-refractivity contribution >= 4 is 6.09 Å². The molecule has 0 aromatic carbocycles. The number of quaternary nitrogens is 1. The fourth-order valence-electron chi connectivity index (χ4n) is 3.14. The van der Waals surface area contributed by atoms with Gasteiger partial charge in [0.25, 0.3) is 0 Å². The Kier molecular flexibility index (Phi) is 4.48. The van der Waals surface area contributed by atoms with E-state index in [1.54, 1.807) is 0 Å². The summed E-state index contributed by atoms with van der Waals surface area (Å²) in [6, 6.07) is 0.445. The fourth-order valence-corrected chi connectivity index (χ4v) is 3.14. The molecule has 0 radical (unpaired) electrons.